The molecule has 1 rings (SSSR count). The molecule has 0 bridgehead atoms. The molecule has 506 valence electrons. The molecule has 11 heteroatoms. The van der Waals surface area contributed by atoms with Gasteiger partial charge in [-0.05, 0) is 96.3 Å². The van der Waals surface area contributed by atoms with Gasteiger partial charge in [0.05, 0.1) is 25.4 Å². The Hall–Kier alpha value is -2.90. The van der Waals surface area contributed by atoms with Crippen molar-refractivity contribution >= 4 is 11.9 Å². The smallest absolute Gasteiger partial charge is 0.306 e. The molecule has 0 saturated carbocycles. The van der Waals surface area contributed by atoms with Gasteiger partial charge in [-0.15, -0.1) is 0 Å². The summed E-state index contributed by atoms with van der Waals surface area (Å²) in [5, 5.41) is 57.3. The average Bonchev–Trinajstić information content (AvgIpc) is 1.52. The van der Waals surface area contributed by atoms with Crippen LogP contribution in [0.25, 0.3) is 0 Å². The molecular weight excluding hydrogens is 1090 g/mol. The molecule has 0 aliphatic carbocycles. The van der Waals surface area contributed by atoms with Gasteiger partial charge in [-0.25, -0.2) is 0 Å². The van der Waals surface area contributed by atoms with E-state index < -0.39 is 67.4 Å². The van der Waals surface area contributed by atoms with E-state index in [-0.39, 0.29) is 19.4 Å². The van der Waals surface area contributed by atoms with Crippen molar-refractivity contribution in [3.63, 3.8) is 0 Å². The van der Waals surface area contributed by atoms with Crippen molar-refractivity contribution in [1.82, 2.24) is 5.32 Å². The van der Waals surface area contributed by atoms with E-state index in [1.807, 2.05) is 6.08 Å². The Morgan fingerprint density at radius 2 is 0.793 bits per heavy atom. The van der Waals surface area contributed by atoms with Crippen LogP contribution in [-0.4, -0.2) is 99.6 Å². The number of aliphatic hydroxyl groups excluding tert-OH is 5. The van der Waals surface area contributed by atoms with Crippen LogP contribution in [0.1, 0.15) is 335 Å². The lowest BCUT2D eigenvalue weighted by Gasteiger charge is -2.41. The van der Waals surface area contributed by atoms with Gasteiger partial charge in [-0.3, -0.25) is 9.59 Å². The predicted molar refractivity (Wildman–Crippen MR) is 366 cm³/mol. The summed E-state index contributed by atoms with van der Waals surface area (Å²) in [4.78, 5) is 26.7. The monoisotopic (exact) mass is 1220 g/mol. The number of ether oxygens (including phenoxy) is 3. The van der Waals surface area contributed by atoms with E-state index in [2.05, 4.69) is 86.8 Å². The minimum atomic E-state index is -1.62. The minimum absolute atomic E-state index is 0.118. The van der Waals surface area contributed by atoms with Gasteiger partial charge in [-0.2, -0.15) is 0 Å². The number of hydrogen-bond acceptors (Lipinski definition) is 10. The average molecular weight is 1220 g/mol. The van der Waals surface area contributed by atoms with Crippen molar-refractivity contribution in [2.75, 3.05) is 13.2 Å². The van der Waals surface area contributed by atoms with Gasteiger partial charge in [0.1, 0.15) is 24.4 Å². The zero-order valence-corrected chi connectivity index (χ0v) is 56.4. The zero-order valence-electron chi connectivity index (χ0n) is 56.4. The van der Waals surface area contributed by atoms with E-state index in [0.29, 0.717) is 12.8 Å². The normalized spacial score (nSPS) is 18.6. The molecule has 1 saturated heterocycles. The fourth-order valence-electron chi connectivity index (χ4n) is 11.3. The van der Waals surface area contributed by atoms with Crippen LogP contribution in [0.15, 0.2) is 72.9 Å². The third kappa shape index (κ3) is 50.4. The summed E-state index contributed by atoms with van der Waals surface area (Å²) in [7, 11) is 0. The summed E-state index contributed by atoms with van der Waals surface area (Å²) >= 11 is 0. The molecule has 1 aliphatic heterocycles. The number of allylic oxidation sites excluding steroid dienone is 11. The first-order valence-corrected chi connectivity index (χ1v) is 36.7. The molecule has 87 heavy (non-hydrogen) atoms. The number of carbonyl (C=O) groups excluding carboxylic acids is 2. The van der Waals surface area contributed by atoms with E-state index in [4.69, 9.17) is 14.2 Å². The van der Waals surface area contributed by atoms with Crippen LogP contribution in [-0.2, 0) is 23.8 Å². The van der Waals surface area contributed by atoms with E-state index >= 15 is 0 Å². The maximum absolute atomic E-state index is 13.5. The van der Waals surface area contributed by atoms with E-state index in [9.17, 15) is 35.1 Å². The Morgan fingerprint density at radius 1 is 0.448 bits per heavy atom. The fourth-order valence-corrected chi connectivity index (χ4v) is 11.3. The highest BCUT2D eigenvalue weighted by atomic mass is 16.7. The molecule has 1 aliphatic rings. The van der Waals surface area contributed by atoms with E-state index in [1.165, 1.54) is 205 Å². The summed E-state index contributed by atoms with van der Waals surface area (Å²) in [6.07, 6.45) is 72.2. The number of hydrogen-bond donors (Lipinski definition) is 6. The van der Waals surface area contributed by atoms with Crippen LogP contribution in [0, 0.1) is 0 Å². The first-order valence-electron chi connectivity index (χ1n) is 36.7. The number of rotatable bonds is 63. The first-order chi connectivity index (χ1) is 42.7. The third-order valence-electron chi connectivity index (χ3n) is 17.1. The lowest BCUT2D eigenvalue weighted by Crippen LogP contribution is -2.61. The summed E-state index contributed by atoms with van der Waals surface area (Å²) in [5.74, 6) is -1.19. The Morgan fingerprint density at radius 3 is 1.21 bits per heavy atom. The van der Waals surface area contributed by atoms with Crippen molar-refractivity contribution in [2.24, 2.45) is 0 Å². The van der Waals surface area contributed by atoms with Gasteiger partial charge in [0.2, 0.25) is 5.91 Å². The van der Waals surface area contributed by atoms with Crippen LogP contribution in [0.2, 0.25) is 0 Å². The highest BCUT2D eigenvalue weighted by molar-refractivity contribution is 5.80. The molecular formula is C76H137NO10. The van der Waals surface area contributed by atoms with Crippen LogP contribution < -0.4 is 5.32 Å². The minimum Gasteiger partial charge on any atom is -0.454 e. The second-order valence-corrected chi connectivity index (χ2v) is 25.3. The highest BCUT2D eigenvalue weighted by Crippen LogP contribution is 2.26. The van der Waals surface area contributed by atoms with Crippen molar-refractivity contribution in [2.45, 2.75) is 384 Å². The van der Waals surface area contributed by atoms with Crippen molar-refractivity contribution in [1.29, 1.82) is 0 Å². The Kier molecular flexibility index (Phi) is 59.7. The molecule has 1 fully saturated rings. The molecule has 8 atom stereocenters. The van der Waals surface area contributed by atoms with E-state index in [0.717, 1.165) is 83.5 Å². The number of unbranched alkanes of at least 4 members (excludes halogenated alkanes) is 39. The number of carbonyl (C=O) groups is 2. The molecule has 11 nitrogen and oxygen atoms in total. The zero-order chi connectivity index (χ0) is 63.1. The molecule has 0 spiro atoms. The van der Waals surface area contributed by atoms with Gasteiger partial charge in [0.15, 0.2) is 12.4 Å². The first kappa shape index (κ1) is 82.1. The summed E-state index contributed by atoms with van der Waals surface area (Å²) in [5.41, 5.74) is 0. The molecule has 0 radical (unpaired) electrons. The maximum atomic E-state index is 13.5. The summed E-state index contributed by atoms with van der Waals surface area (Å²) in [6.45, 7) is 5.78. The molecule has 1 amide bonds. The van der Waals surface area contributed by atoms with Gasteiger partial charge in [0.25, 0.3) is 0 Å². The van der Waals surface area contributed by atoms with E-state index in [1.54, 1.807) is 6.08 Å². The number of nitrogens with one attached hydrogen (secondary N) is 1. The second kappa shape index (κ2) is 63.3. The summed E-state index contributed by atoms with van der Waals surface area (Å²) < 4.78 is 17.7. The van der Waals surface area contributed by atoms with Crippen molar-refractivity contribution in [3.8, 4) is 0 Å². The van der Waals surface area contributed by atoms with Gasteiger partial charge >= 0.3 is 5.97 Å². The lowest BCUT2D eigenvalue weighted by atomic mass is 9.99. The number of amides is 1. The number of esters is 1. The van der Waals surface area contributed by atoms with Crippen molar-refractivity contribution < 1.29 is 49.3 Å². The Labute approximate surface area is 534 Å². The quantitative estimate of drug-likeness (QED) is 0.0195. The summed E-state index contributed by atoms with van der Waals surface area (Å²) in [6, 6.07) is -1.03. The molecule has 1 heterocycles. The predicted octanol–water partition coefficient (Wildman–Crippen LogP) is 19.1. The SMILES string of the molecule is CCCCC/C=C\C/C=C\C/C=C\CCCCCCCCCCCCCCCC(O)C(=O)NC(COC1OC(CO)C(O)C(O)C1OC(=O)CCCCCCCCCCC/C=C\C/C=C\CCCCC)C(O)/C=C/CCCCCCCCCCCCC. The topological polar surface area (TPSA) is 175 Å². The molecule has 8 unspecified atom stereocenters. The second-order valence-electron chi connectivity index (χ2n) is 25.3. The fraction of sp³-hybridized carbons (Fsp3) is 0.816. The molecule has 0 aromatic rings. The Balaban J connectivity index is 2.57. The lowest BCUT2D eigenvalue weighted by molar-refractivity contribution is -0.305. The highest BCUT2D eigenvalue weighted by Gasteiger charge is 2.47. The van der Waals surface area contributed by atoms with Crippen LogP contribution in [0.3, 0.4) is 0 Å². The largest absolute Gasteiger partial charge is 0.454 e. The number of aliphatic hydroxyl groups is 5. The standard InChI is InChI=1S/C76H137NO10/c1-4-7-10-13-16-19-22-25-27-29-31-32-33-34-35-36-37-39-40-42-45-48-51-54-57-60-63-69(80)75(84)77-67(68(79)62-59-56-53-50-47-44-24-21-18-15-12-9-6-3)66-85-76-74(73(83)72(82)70(65-78)86-76)87-71(81)64-61-58-55-52-49-46-43-41-38-30-28-26-23-20-17-14-11-8-5-2/h16-17,19-20,25-28,31-32,59,62,67-70,72-74,76,78-80,82-83H,4-15,18,21-24,29-30,33-58,60-61,63-66H2,1-3H3,(H,77,84)/b19-16-,20-17-,27-25-,28-26-,32-31-,62-59+. The molecule has 6 N–H and O–H groups in total. The van der Waals surface area contributed by atoms with Crippen LogP contribution in [0.4, 0.5) is 0 Å². The third-order valence-corrected chi connectivity index (χ3v) is 17.1. The molecule has 0 aromatic heterocycles. The molecule has 0 aromatic carbocycles. The van der Waals surface area contributed by atoms with Gasteiger partial charge < -0.3 is 45.1 Å². The van der Waals surface area contributed by atoms with Crippen LogP contribution >= 0.6 is 0 Å². The van der Waals surface area contributed by atoms with Gasteiger partial charge in [0, 0.05) is 6.42 Å². The Bertz CT molecular complexity index is 1690. The van der Waals surface area contributed by atoms with Crippen LogP contribution in [0.5, 0.6) is 0 Å². The van der Waals surface area contributed by atoms with Crippen molar-refractivity contribution in [3.05, 3.63) is 72.9 Å². The van der Waals surface area contributed by atoms with Gasteiger partial charge in [-0.1, -0.05) is 306 Å². The maximum Gasteiger partial charge on any atom is 0.306 e.